The van der Waals surface area contributed by atoms with Crippen molar-refractivity contribution in [1.29, 1.82) is 0 Å². The number of ether oxygens (including phenoxy) is 2. The first-order valence-electron chi connectivity index (χ1n) is 9.61. The highest BCUT2D eigenvalue weighted by molar-refractivity contribution is 5.75. The Morgan fingerprint density at radius 2 is 1.80 bits per heavy atom. The van der Waals surface area contributed by atoms with E-state index in [4.69, 9.17) is 15.9 Å². The largest absolute Gasteiger partial charge is 0.494 e. The zero-order valence-corrected chi connectivity index (χ0v) is 15.3. The van der Waals surface area contributed by atoms with Crippen LogP contribution in [-0.2, 0) is 4.79 Å². The maximum Gasteiger partial charge on any atom is 0.314 e. The van der Waals surface area contributed by atoms with Crippen molar-refractivity contribution in [3.8, 4) is 23.8 Å². The molecule has 0 amide bonds. The monoisotopic (exact) mass is 342 g/mol. The van der Waals surface area contributed by atoms with Gasteiger partial charge in [0.2, 0.25) is 0 Å². The van der Waals surface area contributed by atoms with Gasteiger partial charge >= 0.3 is 5.97 Å². The first kappa shape index (κ1) is 19.4. The van der Waals surface area contributed by atoms with Crippen LogP contribution >= 0.6 is 0 Å². The van der Waals surface area contributed by atoms with Crippen molar-refractivity contribution in [3.63, 3.8) is 0 Å². The third-order valence-corrected chi connectivity index (χ3v) is 4.90. The number of terminal acetylenes is 1. The molecule has 0 atom stereocenters. The molecule has 2 rings (SSSR count). The number of unbranched alkanes of at least 4 members (excludes halogenated alkanes) is 2. The van der Waals surface area contributed by atoms with E-state index in [1.807, 2.05) is 12.1 Å². The molecule has 1 aromatic rings. The second-order valence-corrected chi connectivity index (χ2v) is 6.91. The van der Waals surface area contributed by atoms with E-state index in [1.54, 1.807) is 12.1 Å². The van der Waals surface area contributed by atoms with Gasteiger partial charge in [0.25, 0.3) is 0 Å². The summed E-state index contributed by atoms with van der Waals surface area (Å²) >= 11 is 0. The molecular formula is C22H30O3. The molecule has 0 unspecified atom stereocenters. The first-order chi connectivity index (χ1) is 12.2. The number of carbonyl (C=O) groups excluding carboxylic acids is 1. The minimum atomic E-state index is -0.0853. The Balaban J connectivity index is 1.71. The quantitative estimate of drug-likeness (QED) is 0.261. The average molecular weight is 342 g/mol. The van der Waals surface area contributed by atoms with Gasteiger partial charge in [-0.1, -0.05) is 19.8 Å². The van der Waals surface area contributed by atoms with E-state index in [-0.39, 0.29) is 11.9 Å². The number of hydrogen-bond acceptors (Lipinski definition) is 3. The maximum atomic E-state index is 12.3. The molecule has 1 saturated carbocycles. The minimum absolute atomic E-state index is 0.0557. The highest BCUT2D eigenvalue weighted by Gasteiger charge is 2.27. The second kappa shape index (κ2) is 10.8. The van der Waals surface area contributed by atoms with Gasteiger partial charge < -0.3 is 9.47 Å². The Morgan fingerprint density at radius 3 is 2.44 bits per heavy atom. The zero-order valence-electron chi connectivity index (χ0n) is 15.3. The third-order valence-electron chi connectivity index (χ3n) is 4.90. The van der Waals surface area contributed by atoms with Crippen LogP contribution in [0.5, 0.6) is 11.5 Å². The molecular weight excluding hydrogens is 312 g/mol. The van der Waals surface area contributed by atoms with Crippen LogP contribution in [-0.4, -0.2) is 12.6 Å². The number of carbonyl (C=O) groups is 1. The van der Waals surface area contributed by atoms with Gasteiger partial charge in [-0.15, -0.1) is 12.3 Å². The topological polar surface area (TPSA) is 35.5 Å². The summed E-state index contributed by atoms with van der Waals surface area (Å²) in [6.07, 6.45) is 14.7. The second-order valence-electron chi connectivity index (χ2n) is 6.91. The zero-order chi connectivity index (χ0) is 17.9. The van der Waals surface area contributed by atoms with Crippen molar-refractivity contribution in [2.45, 2.75) is 64.7 Å². The molecule has 136 valence electrons. The van der Waals surface area contributed by atoms with Gasteiger partial charge in [-0.25, -0.2) is 0 Å². The molecule has 0 aromatic heterocycles. The van der Waals surface area contributed by atoms with Crippen LogP contribution in [0.15, 0.2) is 24.3 Å². The van der Waals surface area contributed by atoms with Crippen molar-refractivity contribution >= 4 is 5.97 Å². The number of hydrogen-bond donors (Lipinski definition) is 0. The fraction of sp³-hybridized carbons (Fsp3) is 0.591. The van der Waals surface area contributed by atoms with Gasteiger partial charge in [-0.3, -0.25) is 4.79 Å². The Kier molecular flexibility index (Phi) is 8.39. The van der Waals surface area contributed by atoms with Crippen LogP contribution in [0.4, 0.5) is 0 Å². The van der Waals surface area contributed by atoms with Crippen LogP contribution in [0.2, 0.25) is 0 Å². The summed E-state index contributed by atoms with van der Waals surface area (Å²) in [6.45, 7) is 2.88. The molecule has 0 aliphatic heterocycles. The molecule has 25 heavy (non-hydrogen) atoms. The van der Waals surface area contributed by atoms with Crippen molar-refractivity contribution < 1.29 is 14.3 Å². The SMILES string of the molecule is C#CCCCCOc1ccc(OC(=O)C2CCC(CCC)CC2)cc1. The molecule has 0 radical (unpaired) electrons. The number of benzene rings is 1. The Hall–Kier alpha value is -1.95. The summed E-state index contributed by atoms with van der Waals surface area (Å²) in [6, 6.07) is 7.30. The fourth-order valence-corrected chi connectivity index (χ4v) is 3.42. The Morgan fingerprint density at radius 1 is 1.12 bits per heavy atom. The van der Waals surface area contributed by atoms with Crippen molar-refractivity contribution in [2.24, 2.45) is 11.8 Å². The first-order valence-corrected chi connectivity index (χ1v) is 9.61. The average Bonchev–Trinajstić information content (AvgIpc) is 2.64. The fourth-order valence-electron chi connectivity index (χ4n) is 3.42. The summed E-state index contributed by atoms with van der Waals surface area (Å²) in [4.78, 5) is 12.3. The molecule has 3 heteroatoms. The summed E-state index contributed by atoms with van der Waals surface area (Å²) < 4.78 is 11.2. The minimum Gasteiger partial charge on any atom is -0.494 e. The van der Waals surface area contributed by atoms with E-state index in [0.29, 0.717) is 12.4 Å². The van der Waals surface area contributed by atoms with E-state index in [0.717, 1.165) is 56.6 Å². The van der Waals surface area contributed by atoms with Crippen molar-refractivity contribution in [1.82, 2.24) is 0 Å². The smallest absolute Gasteiger partial charge is 0.314 e. The van der Waals surface area contributed by atoms with Gasteiger partial charge in [0, 0.05) is 6.42 Å². The predicted molar refractivity (Wildman–Crippen MR) is 101 cm³/mol. The molecule has 1 aliphatic rings. The van der Waals surface area contributed by atoms with Gasteiger partial charge in [0.15, 0.2) is 0 Å². The Labute approximate surface area is 152 Å². The van der Waals surface area contributed by atoms with Gasteiger partial charge in [0.1, 0.15) is 11.5 Å². The summed E-state index contributed by atoms with van der Waals surface area (Å²) in [5.74, 6) is 4.78. The standard InChI is InChI=1S/C22H30O3/c1-3-5-6-7-17-24-20-13-15-21(16-14-20)25-22(23)19-11-9-18(8-4-2)10-12-19/h1,13-16,18-19H,4-12,17H2,2H3. The maximum absolute atomic E-state index is 12.3. The molecule has 0 bridgehead atoms. The van der Waals surface area contributed by atoms with E-state index < -0.39 is 0 Å². The van der Waals surface area contributed by atoms with Crippen LogP contribution < -0.4 is 9.47 Å². The van der Waals surface area contributed by atoms with E-state index >= 15 is 0 Å². The summed E-state index contributed by atoms with van der Waals surface area (Å²) in [7, 11) is 0. The van der Waals surface area contributed by atoms with Crippen molar-refractivity contribution in [3.05, 3.63) is 24.3 Å². The van der Waals surface area contributed by atoms with Crippen LogP contribution in [0.25, 0.3) is 0 Å². The molecule has 1 aromatic carbocycles. The van der Waals surface area contributed by atoms with E-state index in [1.165, 1.54) is 12.8 Å². The lowest BCUT2D eigenvalue weighted by Gasteiger charge is -2.26. The lowest BCUT2D eigenvalue weighted by Crippen LogP contribution is -2.25. The molecule has 1 fully saturated rings. The lowest BCUT2D eigenvalue weighted by molar-refractivity contribution is -0.140. The molecule has 0 heterocycles. The normalized spacial score (nSPS) is 19.8. The summed E-state index contributed by atoms with van der Waals surface area (Å²) in [5.41, 5.74) is 0. The molecule has 3 nitrogen and oxygen atoms in total. The number of esters is 1. The van der Waals surface area contributed by atoms with Crippen LogP contribution in [0, 0.1) is 24.2 Å². The van der Waals surface area contributed by atoms with Crippen LogP contribution in [0.3, 0.4) is 0 Å². The number of rotatable bonds is 9. The highest BCUT2D eigenvalue weighted by atomic mass is 16.5. The Bertz CT molecular complexity index is 548. The van der Waals surface area contributed by atoms with Gasteiger partial charge in [0.05, 0.1) is 12.5 Å². The van der Waals surface area contributed by atoms with Gasteiger partial charge in [-0.05, 0) is 68.7 Å². The van der Waals surface area contributed by atoms with Crippen molar-refractivity contribution in [2.75, 3.05) is 6.61 Å². The van der Waals surface area contributed by atoms with Crippen LogP contribution in [0.1, 0.15) is 64.7 Å². The lowest BCUT2D eigenvalue weighted by atomic mass is 9.80. The van der Waals surface area contributed by atoms with Gasteiger partial charge in [-0.2, -0.15) is 0 Å². The third kappa shape index (κ3) is 6.82. The molecule has 0 spiro atoms. The predicted octanol–water partition coefficient (Wildman–Crippen LogP) is 5.38. The molecule has 0 N–H and O–H groups in total. The van der Waals surface area contributed by atoms with E-state index in [2.05, 4.69) is 12.8 Å². The summed E-state index contributed by atoms with van der Waals surface area (Å²) in [5, 5.41) is 0. The molecule has 1 aliphatic carbocycles. The van der Waals surface area contributed by atoms with E-state index in [9.17, 15) is 4.79 Å². The highest BCUT2D eigenvalue weighted by Crippen LogP contribution is 2.32. The molecule has 0 saturated heterocycles.